The largest absolute Gasteiger partial charge is 0.338 e. The molecule has 0 bridgehead atoms. The average Bonchev–Trinajstić information content (AvgIpc) is 2.06. The van der Waals surface area contributed by atoms with Gasteiger partial charge in [-0.3, -0.25) is 4.79 Å². The first kappa shape index (κ1) is 10.6. The van der Waals surface area contributed by atoms with Crippen molar-refractivity contribution in [3.05, 3.63) is 11.6 Å². The summed E-state index contributed by atoms with van der Waals surface area (Å²) in [4.78, 5) is 13.0. The lowest BCUT2D eigenvalue weighted by Crippen LogP contribution is -2.59. The maximum atomic E-state index is 12.8. The highest BCUT2D eigenvalue weighted by Gasteiger charge is 2.52. The fraction of sp³-hybridized carbons (Fsp3) is 0.667. The van der Waals surface area contributed by atoms with Crippen molar-refractivity contribution in [3.8, 4) is 0 Å². The summed E-state index contributed by atoms with van der Waals surface area (Å²) in [5.41, 5.74) is 0.493. The number of nitrogens with zero attached hydrogens (tertiary/aromatic N) is 1. The van der Waals surface area contributed by atoms with Gasteiger partial charge in [0.05, 0.1) is 0 Å². The second kappa shape index (κ2) is 3.04. The third kappa shape index (κ3) is 1.47. The van der Waals surface area contributed by atoms with Crippen LogP contribution in [0.3, 0.4) is 0 Å². The molecule has 3 atom stereocenters. The van der Waals surface area contributed by atoms with Crippen molar-refractivity contribution in [2.45, 2.75) is 24.6 Å². The smallest absolute Gasteiger partial charge is 0.306 e. The Morgan fingerprint density at radius 1 is 1.53 bits per heavy atom. The van der Waals surface area contributed by atoms with Crippen LogP contribution in [0.1, 0.15) is 13.3 Å². The maximum absolute atomic E-state index is 12.8. The summed E-state index contributed by atoms with van der Waals surface area (Å²) in [5, 5.41) is -0.965. The molecule has 0 radical (unpaired) electrons. The average molecular weight is 233 g/mol. The van der Waals surface area contributed by atoms with E-state index in [0.717, 1.165) is 0 Å². The van der Waals surface area contributed by atoms with Gasteiger partial charge in [0.25, 0.3) is 0 Å². The van der Waals surface area contributed by atoms with E-state index in [9.17, 15) is 17.1 Å². The molecule has 6 heteroatoms. The van der Waals surface area contributed by atoms with E-state index >= 15 is 0 Å². The summed E-state index contributed by atoms with van der Waals surface area (Å²) in [6.07, 6.45) is 1.79. The molecule has 1 saturated carbocycles. The normalized spacial score (nSPS) is 35.7. The number of fused-ring (bicyclic) bond motifs is 1. The number of halogens is 1. The molecular weight excluding hydrogens is 221 g/mol. The molecule has 2 rings (SSSR count). The number of carbonyl (C=O) groups excluding carboxylic acids is 1. The Bertz CT molecular complexity index is 442. The number of hydrogen-bond acceptors (Lipinski definition) is 3. The summed E-state index contributed by atoms with van der Waals surface area (Å²) in [6, 6.07) is -0.156. The third-order valence-electron chi connectivity index (χ3n) is 3.31. The molecule has 0 unspecified atom stereocenters. The van der Waals surface area contributed by atoms with Crippen molar-refractivity contribution in [1.29, 1.82) is 0 Å². The van der Waals surface area contributed by atoms with Gasteiger partial charge in [0, 0.05) is 24.6 Å². The fourth-order valence-electron chi connectivity index (χ4n) is 2.33. The Morgan fingerprint density at radius 2 is 2.13 bits per heavy atom. The van der Waals surface area contributed by atoms with Gasteiger partial charge in [-0.1, -0.05) is 6.08 Å². The monoisotopic (exact) mass is 233 g/mol. The Labute approximate surface area is 88.0 Å². The number of amides is 1. The summed E-state index contributed by atoms with van der Waals surface area (Å²) in [6.45, 7) is 1.62. The van der Waals surface area contributed by atoms with Crippen LogP contribution >= 0.6 is 0 Å². The van der Waals surface area contributed by atoms with E-state index in [1.165, 1.54) is 4.90 Å². The van der Waals surface area contributed by atoms with Crippen LogP contribution in [0.15, 0.2) is 11.6 Å². The Morgan fingerprint density at radius 3 is 2.67 bits per heavy atom. The molecule has 0 N–H and O–H groups in total. The van der Waals surface area contributed by atoms with E-state index in [4.69, 9.17) is 0 Å². The van der Waals surface area contributed by atoms with Crippen LogP contribution in [0, 0.1) is 5.92 Å². The lowest BCUT2D eigenvalue weighted by Gasteiger charge is -2.48. The topological polar surface area (TPSA) is 54.5 Å². The molecule has 1 amide bonds. The van der Waals surface area contributed by atoms with Gasteiger partial charge in [-0.25, -0.2) is 0 Å². The minimum Gasteiger partial charge on any atom is -0.338 e. The zero-order chi connectivity index (χ0) is 11.4. The van der Waals surface area contributed by atoms with Gasteiger partial charge in [-0.2, -0.15) is 8.42 Å². The molecule has 1 aliphatic carbocycles. The highest BCUT2D eigenvalue weighted by molar-refractivity contribution is 7.87. The maximum Gasteiger partial charge on any atom is 0.306 e. The van der Waals surface area contributed by atoms with Crippen LogP contribution < -0.4 is 0 Å². The molecule has 2 aliphatic rings. The SMILES string of the molecule is CC1=C[C@@H]2[C@@H](C[C@H]2S(=O)(=O)F)N(C)C1=O. The zero-order valence-corrected chi connectivity index (χ0v) is 9.29. The van der Waals surface area contributed by atoms with Gasteiger partial charge < -0.3 is 4.90 Å². The van der Waals surface area contributed by atoms with Gasteiger partial charge >= 0.3 is 10.2 Å². The van der Waals surface area contributed by atoms with Crippen molar-refractivity contribution in [1.82, 2.24) is 4.90 Å². The minimum absolute atomic E-state index is 0.106. The van der Waals surface area contributed by atoms with E-state index < -0.39 is 15.5 Å². The quantitative estimate of drug-likeness (QED) is 0.618. The van der Waals surface area contributed by atoms with Gasteiger partial charge in [0.1, 0.15) is 5.25 Å². The van der Waals surface area contributed by atoms with Crippen molar-refractivity contribution in [2.24, 2.45) is 5.92 Å². The summed E-state index contributed by atoms with van der Waals surface area (Å²) in [7, 11) is -2.86. The summed E-state index contributed by atoms with van der Waals surface area (Å²) >= 11 is 0. The predicted octanol–water partition coefficient (Wildman–Crippen LogP) is 0.461. The van der Waals surface area contributed by atoms with E-state index in [1.54, 1.807) is 20.0 Å². The molecule has 0 saturated heterocycles. The molecule has 0 aromatic carbocycles. The second-order valence-corrected chi connectivity index (χ2v) is 5.72. The Balaban J connectivity index is 2.31. The first-order valence-corrected chi connectivity index (χ1v) is 6.16. The van der Waals surface area contributed by atoms with E-state index in [2.05, 4.69) is 0 Å². The molecule has 1 fully saturated rings. The molecule has 1 aliphatic heterocycles. The van der Waals surface area contributed by atoms with E-state index in [-0.39, 0.29) is 24.3 Å². The predicted molar refractivity (Wildman–Crippen MR) is 52.2 cm³/mol. The van der Waals surface area contributed by atoms with Crippen LogP contribution in [-0.2, 0) is 15.0 Å². The molecule has 1 heterocycles. The van der Waals surface area contributed by atoms with Crippen LogP contribution in [0.2, 0.25) is 0 Å². The lowest BCUT2D eigenvalue weighted by molar-refractivity contribution is -0.131. The van der Waals surface area contributed by atoms with Crippen molar-refractivity contribution >= 4 is 16.1 Å². The lowest BCUT2D eigenvalue weighted by atomic mass is 9.74. The molecule has 0 aromatic rings. The minimum atomic E-state index is -4.48. The molecular formula is C9H12FNO3S. The fourth-order valence-corrected chi connectivity index (χ4v) is 3.39. The summed E-state index contributed by atoms with van der Waals surface area (Å²) < 4.78 is 34.3. The highest BCUT2D eigenvalue weighted by Crippen LogP contribution is 2.42. The molecule has 84 valence electrons. The molecule has 4 nitrogen and oxygen atoms in total. The van der Waals surface area contributed by atoms with Crippen LogP contribution in [0.5, 0.6) is 0 Å². The molecule has 15 heavy (non-hydrogen) atoms. The van der Waals surface area contributed by atoms with Gasteiger partial charge in [0.2, 0.25) is 5.91 Å². The summed E-state index contributed by atoms with van der Waals surface area (Å²) in [5.74, 6) is -0.478. The number of carbonyl (C=O) groups is 1. The van der Waals surface area contributed by atoms with Crippen molar-refractivity contribution < 1.29 is 17.1 Å². The van der Waals surface area contributed by atoms with Crippen molar-refractivity contribution in [3.63, 3.8) is 0 Å². The first-order chi connectivity index (χ1) is 6.82. The Kier molecular flexibility index (Phi) is 2.15. The molecule has 0 aromatic heterocycles. The number of likely N-dealkylation sites (N-methyl/N-ethyl adjacent to an activating group) is 1. The van der Waals surface area contributed by atoms with E-state index in [0.29, 0.717) is 5.57 Å². The standard InChI is InChI=1S/C9H12FNO3S/c1-5-3-6-7(11(2)9(5)12)4-8(6)15(10,13)14/h3,6-8H,4H2,1-2H3/t6-,7-,8-/m1/s1. The van der Waals surface area contributed by atoms with E-state index in [1.807, 2.05) is 0 Å². The van der Waals surface area contributed by atoms with Crippen molar-refractivity contribution in [2.75, 3.05) is 7.05 Å². The highest BCUT2D eigenvalue weighted by atomic mass is 32.3. The van der Waals surface area contributed by atoms with Crippen LogP contribution in [0.4, 0.5) is 3.89 Å². The van der Waals surface area contributed by atoms with Crippen LogP contribution in [0.25, 0.3) is 0 Å². The van der Waals surface area contributed by atoms with Gasteiger partial charge in [-0.05, 0) is 13.3 Å². The number of hydrogen-bond donors (Lipinski definition) is 0. The zero-order valence-electron chi connectivity index (χ0n) is 8.47. The Hall–Kier alpha value is -0.910. The van der Waals surface area contributed by atoms with Gasteiger partial charge in [0.15, 0.2) is 0 Å². The van der Waals surface area contributed by atoms with Gasteiger partial charge in [-0.15, -0.1) is 3.89 Å². The second-order valence-electron chi connectivity index (χ2n) is 4.16. The number of rotatable bonds is 1. The first-order valence-electron chi connectivity index (χ1n) is 4.71. The van der Waals surface area contributed by atoms with Crippen LogP contribution in [-0.4, -0.2) is 37.6 Å². The third-order valence-corrected chi connectivity index (χ3v) is 4.54. The molecule has 0 spiro atoms.